The molecule has 2 fully saturated rings. The normalized spacial score (nSPS) is 19.6. The average Bonchev–Trinajstić information content (AvgIpc) is 2.74. The molecule has 0 aromatic heterocycles. The molecular weight excluding hydrogens is 445 g/mol. The van der Waals surface area contributed by atoms with Crippen LogP contribution in [0.3, 0.4) is 0 Å². The van der Waals surface area contributed by atoms with E-state index in [0.717, 1.165) is 58.0 Å². The number of ether oxygens (including phenoxy) is 1. The Labute approximate surface area is 190 Å². The standard InChI is InChI=1S/C18H28N2O4S.C3H8.CHF3/c1-25(22,23)18-11-17(5-4-16(18)13-21)20-8-6-19(7-9-20)12-15-3-2-10-24-14-15;1-3-2;2-1(3)4/h4-5,11,15,21H,2-3,6-10,12-14H2,1H3;3H2,1-2H3;1H. The molecule has 0 spiro atoms. The van der Waals surface area contributed by atoms with Gasteiger partial charge in [0.15, 0.2) is 9.84 Å². The van der Waals surface area contributed by atoms with E-state index in [1.807, 2.05) is 6.07 Å². The van der Waals surface area contributed by atoms with Gasteiger partial charge in [-0.2, -0.15) is 13.2 Å². The number of aliphatic hydroxyl groups is 1. The van der Waals surface area contributed by atoms with Crippen molar-refractivity contribution in [2.24, 2.45) is 5.92 Å². The first-order valence-corrected chi connectivity index (χ1v) is 12.9. The molecule has 0 amide bonds. The first-order valence-electron chi connectivity index (χ1n) is 11.0. The van der Waals surface area contributed by atoms with Crippen molar-refractivity contribution in [2.45, 2.75) is 51.3 Å². The maximum Gasteiger partial charge on any atom is 0.379 e. The van der Waals surface area contributed by atoms with Gasteiger partial charge in [-0.15, -0.1) is 0 Å². The fraction of sp³-hybridized carbons (Fsp3) is 0.727. The van der Waals surface area contributed by atoms with Crippen LogP contribution in [0.1, 0.15) is 38.7 Å². The fourth-order valence-corrected chi connectivity index (χ4v) is 4.66. The Balaban J connectivity index is 0.000000645. The predicted molar refractivity (Wildman–Crippen MR) is 121 cm³/mol. The zero-order valence-electron chi connectivity index (χ0n) is 19.3. The Hall–Kier alpha value is -1.36. The number of aliphatic hydroxyl groups excluding tert-OH is 1. The lowest BCUT2D eigenvalue weighted by atomic mass is 10.0. The van der Waals surface area contributed by atoms with Crippen LogP contribution >= 0.6 is 0 Å². The van der Waals surface area contributed by atoms with Gasteiger partial charge in [0.2, 0.25) is 0 Å². The van der Waals surface area contributed by atoms with Crippen molar-refractivity contribution in [3.05, 3.63) is 23.8 Å². The molecule has 3 rings (SSSR count). The number of alkyl halides is 3. The SMILES string of the molecule is CCC.CS(=O)(=O)c1cc(N2CCN(CC3CCCOC3)CC2)ccc1CO.FC(F)F. The van der Waals surface area contributed by atoms with Crippen molar-refractivity contribution in [1.82, 2.24) is 4.90 Å². The first kappa shape index (κ1) is 28.7. The number of anilines is 1. The Kier molecular flexibility index (Phi) is 13.2. The number of hydrogen-bond donors (Lipinski definition) is 1. The summed E-state index contributed by atoms with van der Waals surface area (Å²) in [6.07, 6.45) is 4.85. The van der Waals surface area contributed by atoms with Crippen LogP contribution in [0.15, 0.2) is 23.1 Å². The van der Waals surface area contributed by atoms with Gasteiger partial charge in [0, 0.05) is 51.3 Å². The summed E-state index contributed by atoms with van der Waals surface area (Å²) in [5.74, 6) is 0.640. The van der Waals surface area contributed by atoms with Gasteiger partial charge < -0.3 is 14.7 Å². The van der Waals surface area contributed by atoms with Crippen LogP contribution < -0.4 is 4.90 Å². The summed E-state index contributed by atoms with van der Waals surface area (Å²) in [6.45, 7) is 6.91. The number of hydrogen-bond acceptors (Lipinski definition) is 6. The van der Waals surface area contributed by atoms with Gasteiger partial charge >= 0.3 is 6.68 Å². The van der Waals surface area contributed by atoms with Crippen LogP contribution in [0.5, 0.6) is 0 Å². The van der Waals surface area contributed by atoms with E-state index >= 15 is 0 Å². The summed E-state index contributed by atoms with van der Waals surface area (Å²) in [5, 5.41) is 9.38. The number of rotatable bonds is 5. The van der Waals surface area contributed by atoms with Crippen molar-refractivity contribution in [2.75, 3.05) is 57.1 Å². The van der Waals surface area contributed by atoms with E-state index in [2.05, 4.69) is 23.6 Å². The molecular formula is C22H37F3N2O4S. The number of halogens is 3. The van der Waals surface area contributed by atoms with E-state index in [1.165, 1.54) is 19.1 Å². The average molecular weight is 483 g/mol. The van der Waals surface area contributed by atoms with Gasteiger partial charge in [0.25, 0.3) is 0 Å². The van der Waals surface area contributed by atoms with Gasteiger partial charge in [-0.3, -0.25) is 4.90 Å². The molecule has 6 nitrogen and oxygen atoms in total. The van der Waals surface area contributed by atoms with Crippen LogP contribution in [0.4, 0.5) is 18.9 Å². The smallest absolute Gasteiger partial charge is 0.379 e. The van der Waals surface area contributed by atoms with E-state index in [4.69, 9.17) is 4.74 Å². The monoisotopic (exact) mass is 482 g/mol. The molecule has 2 aliphatic rings. The highest BCUT2D eigenvalue weighted by molar-refractivity contribution is 7.90. The quantitative estimate of drug-likeness (QED) is 0.690. The van der Waals surface area contributed by atoms with Crippen molar-refractivity contribution < 1.29 is 31.4 Å². The Bertz CT molecular complexity index is 749. The molecule has 2 aliphatic heterocycles. The van der Waals surface area contributed by atoms with Gasteiger partial charge in [0.05, 0.1) is 18.1 Å². The van der Waals surface area contributed by atoms with Gasteiger partial charge in [-0.25, -0.2) is 8.42 Å². The molecule has 0 radical (unpaired) electrons. The summed E-state index contributed by atoms with van der Waals surface area (Å²) >= 11 is 0. The molecule has 32 heavy (non-hydrogen) atoms. The largest absolute Gasteiger partial charge is 0.392 e. The van der Waals surface area contributed by atoms with E-state index < -0.39 is 16.5 Å². The van der Waals surface area contributed by atoms with Crippen molar-refractivity contribution in [3.63, 3.8) is 0 Å². The first-order chi connectivity index (χ1) is 15.1. The van der Waals surface area contributed by atoms with Crippen LogP contribution in [-0.2, 0) is 21.2 Å². The zero-order chi connectivity index (χ0) is 24.1. The number of sulfone groups is 1. The second-order valence-electron chi connectivity index (χ2n) is 8.05. The van der Waals surface area contributed by atoms with E-state index in [0.29, 0.717) is 11.5 Å². The molecule has 186 valence electrons. The number of nitrogens with zero attached hydrogens (tertiary/aromatic N) is 2. The maximum atomic E-state index is 12.0. The molecule has 2 heterocycles. The molecule has 2 saturated heterocycles. The molecule has 1 atom stereocenters. The van der Waals surface area contributed by atoms with Crippen molar-refractivity contribution >= 4 is 15.5 Å². The third-order valence-electron chi connectivity index (χ3n) is 5.13. The van der Waals surface area contributed by atoms with Crippen LogP contribution in [0.2, 0.25) is 0 Å². The lowest BCUT2D eigenvalue weighted by Gasteiger charge is -2.38. The second-order valence-corrected chi connectivity index (χ2v) is 10.0. The summed E-state index contributed by atoms with van der Waals surface area (Å²) in [5.41, 5.74) is 1.38. The Morgan fingerprint density at radius 1 is 1.16 bits per heavy atom. The molecule has 0 saturated carbocycles. The predicted octanol–water partition coefficient (Wildman–Crippen LogP) is 3.73. The Morgan fingerprint density at radius 3 is 2.22 bits per heavy atom. The minimum Gasteiger partial charge on any atom is -0.392 e. The minimum atomic E-state index is -3.67. The molecule has 0 aliphatic carbocycles. The third kappa shape index (κ3) is 10.5. The van der Waals surface area contributed by atoms with E-state index in [-0.39, 0.29) is 11.5 Å². The second kappa shape index (κ2) is 14.7. The Morgan fingerprint density at radius 2 is 1.75 bits per heavy atom. The molecule has 1 unspecified atom stereocenters. The van der Waals surface area contributed by atoms with Gasteiger partial charge in [-0.1, -0.05) is 26.3 Å². The van der Waals surface area contributed by atoms with Gasteiger partial charge in [0.1, 0.15) is 0 Å². The highest BCUT2D eigenvalue weighted by Gasteiger charge is 2.23. The van der Waals surface area contributed by atoms with Crippen molar-refractivity contribution in [3.8, 4) is 0 Å². The van der Waals surface area contributed by atoms with E-state index in [1.54, 1.807) is 12.1 Å². The van der Waals surface area contributed by atoms with Gasteiger partial charge in [-0.05, 0) is 36.5 Å². The molecule has 10 heteroatoms. The highest BCUT2D eigenvalue weighted by Crippen LogP contribution is 2.25. The van der Waals surface area contributed by atoms with Crippen molar-refractivity contribution in [1.29, 1.82) is 0 Å². The lowest BCUT2D eigenvalue weighted by molar-refractivity contribution is 0.00819. The summed E-state index contributed by atoms with van der Waals surface area (Å²) in [7, 11) is -3.35. The number of piperazine rings is 1. The molecule has 1 N–H and O–H groups in total. The summed E-state index contributed by atoms with van der Waals surface area (Å²) < 4.78 is 58.5. The lowest BCUT2D eigenvalue weighted by Crippen LogP contribution is -2.48. The summed E-state index contributed by atoms with van der Waals surface area (Å²) in [4.78, 5) is 4.94. The zero-order valence-corrected chi connectivity index (χ0v) is 20.1. The third-order valence-corrected chi connectivity index (χ3v) is 6.31. The maximum absolute atomic E-state index is 12.0. The van der Waals surface area contributed by atoms with Crippen LogP contribution in [0.25, 0.3) is 0 Å². The highest BCUT2D eigenvalue weighted by atomic mass is 32.2. The molecule has 0 bridgehead atoms. The van der Waals surface area contributed by atoms with E-state index in [9.17, 15) is 26.7 Å². The topological polar surface area (TPSA) is 70.1 Å². The fourth-order valence-electron chi connectivity index (χ4n) is 3.72. The van der Waals surface area contributed by atoms with Crippen LogP contribution in [0, 0.1) is 5.92 Å². The molecule has 1 aromatic carbocycles. The number of benzene rings is 1. The van der Waals surface area contributed by atoms with Crippen LogP contribution in [-0.4, -0.2) is 77.3 Å². The minimum absolute atomic E-state index is 0.231. The summed E-state index contributed by atoms with van der Waals surface area (Å²) in [6, 6.07) is 5.33. The molecule has 1 aromatic rings.